The molecule has 1 fully saturated rings. The minimum atomic E-state index is -0.0522. The smallest absolute Gasteiger partial charge is 0.225 e. The Balaban J connectivity index is 1.39. The Hall–Kier alpha value is -2.75. The number of nitrogens with one attached hydrogen (secondary N) is 1. The number of anilines is 1. The van der Waals surface area contributed by atoms with Crippen molar-refractivity contribution in [1.29, 1.82) is 5.26 Å². The van der Waals surface area contributed by atoms with E-state index < -0.39 is 0 Å². The van der Waals surface area contributed by atoms with Crippen LogP contribution < -0.4 is 5.32 Å². The van der Waals surface area contributed by atoms with Crippen molar-refractivity contribution < 1.29 is 4.79 Å². The second-order valence-corrected chi connectivity index (χ2v) is 6.39. The number of hydrogen-bond acceptors (Lipinski definition) is 5. The summed E-state index contributed by atoms with van der Waals surface area (Å²) in [6.45, 7) is 5.48. The monoisotopic (exact) mass is 349 g/mol. The Bertz CT molecular complexity index is 763. The summed E-state index contributed by atoms with van der Waals surface area (Å²) in [5.74, 6) is -0.0522. The van der Waals surface area contributed by atoms with Crippen molar-refractivity contribution in [2.24, 2.45) is 0 Å². The van der Waals surface area contributed by atoms with Crippen LogP contribution in [-0.4, -0.2) is 53.4 Å². The molecule has 3 rings (SSSR count). The van der Waals surface area contributed by atoms with Gasteiger partial charge in [-0.1, -0.05) is 18.2 Å². The van der Waals surface area contributed by atoms with Gasteiger partial charge in [0.15, 0.2) is 0 Å². The normalized spacial score (nSPS) is 15.3. The van der Waals surface area contributed by atoms with Gasteiger partial charge in [-0.05, 0) is 24.3 Å². The molecule has 0 saturated carbocycles. The second-order valence-electron chi connectivity index (χ2n) is 6.39. The number of benzene rings is 1. The highest BCUT2D eigenvalue weighted by molar-refractivity contribution is 5.92. The van der Waals surface area contributed by atoms with Crippen LogP contribution in [0.3, 0.4) is 0 Å². The molecule has 1 aromatic heterocycles. The molecule has 0 spiro atoms. The third kappa shape index (κ3) is 5.12. The molecular formula is C20H23N5O. The van der Waals surface area contributed by atoms with Crippen molar-refractivity contribution in [3.8, 4) is 6.07 Å². The van der Waals surface area contributed by atoms with E-state index in [1.54, 1.807) is 18.2 Å². The first-order valence-electron chi connectivity index (χ1n) is 8.88. The van der Waals surface area contributed by atoms with E-state index in [1.165, 1.54) is 0 Å². The minimum Gasteiger partial charge on any atom is -0.325 e. The van der Waals surface area contributed by atoms with E-state index in [1.807, 2.05) is 24.4 Å². The number of carbonyl (C=O) groups is 1. The Labute approximate surface area is 154 Å². The maximum absolute atomic E-state index is 12.2. The molecule has 0 unspecified atom stereocenters. The van der Waals surface area contributed by atoms with Crippen molar-refractivity contribution in [2.75, 3.05) is 38.0 Å². The summed E-state index contributed by atoms with van der Waals surface area (Å²) in [6.07, 6.45) is 2.26. The summed E-state index contributed by atoms with van der Waals surface area (Å²) in [6, 6.07) is 15.2. The molecular weight excluding hydrogens is 326 g/mol. The standard InChI is InChI=1S/C20H23N5O/c21-15-17-5-1-2-7-19(17)23-20(26)8-10-24-11-13-25(14-12-24)16-18-6-3-4-9-22-18/h1-7,9H,8,10-14,16H2,(H,23,26). The molecule has 0 bridgehead atoms. The summed E-state index contributed by atoms with van der Waals surface area (Å²) < 4.78 is 0. The maximum atomic E-state index is 12.2. The van der Waals surface area contributed by atoms with Crippen LogP contribution in [0.4, 0.5) is 5.69 Å². The largest absolute Gasteiger partial charge is 0.325 e. The van der Waals surface area contributed by atoms with Crippen LogP contribution in [0.5, 0.6) is 0 Å². The van der Waals surface area contributed by atoms with Crippen molar-refractivity contribution in [3.63, 3.8) is 0 Å². The van der Waals surface area contributed by atoms with Gasteiger partial charge in [-0.25, -0.2) is 0 Å². The van der Waals surface area contributed by atoms with E-state index in [-0.39, 0.29) is 5.91 Å². The van der Waals surface area contributed by atoms with E-state index in [0.29, 0.717) is 17.7 Å². The second kappa shape index (κ2) is 9.09. The zero-order valence-corrected chi connectivity index (χ0v) is 14.8. The first kappa shape index (κ1) is 18.1. The molecule has 2 aromatic rings. The third-order valence-corrected chi connectivity index (χ3v) is 4.55. The number of para-hydroxylation sites is 1. The molecule has 134 valence electrons. The highest BCUT2D eigenvalue weighted by Gasteiger charge is 2.18. The molecule has 1 N–H and O–H groups in total. The summed E-state index contributed by atoms with van der Waals surface area (Å²) >= 11 is 0. The zero-order chi connectivity index (χ0) is 18.2. The van der Waals surface area contributed by atoms with Crippen LogP contribution in [0.15, 0.2) is 48.7 Å². The molecule has 0 aliphatic carbocycles. The molecule has 0 radical (unpaired) electrons. The Morgan fingerprint density at radius 2 is 1.81 bits per heavy atom. The van der Waals surface area contributed by atoms with E-state index in [4.69, 9.17) is 5.26 Å². The van der Waals surface area contributed by atoms with Gasteiger partial charge >= 0.3 is 0 Å². The lowest BCUT2D eigenvalue weighted by molar-refractivity contribution is -0.116. The summed E-state index contributed by atoms with van der Waals surface area (Å²) in [5, 5.41) is 11.9. The SMILES string of the molecule is N#Cc1ccccc1NC(=O)CCN1CCN(Cc2ccccn2)CC1. The highest BCUT2D eigenvalue weighted by atomic mass is 16.1. The number of hydrogen-bond donors (Lipinski definition) is 1. The molecule has 6 nitrogen and oxygen atoms in total. The van der Waals surface area contributed by atoms with E-state index in [9.17, 15) is 4.79 Å². The average Bonchev–Trinajstić information content (AvgIpc) is 2.69. The van der Waals surface area contributed by atoms with Crippen LogP contribution in [0.1, 0.15) is 17.7 Å². The molecule has 1 amide bonds. The summed E-state index contributed by atoms with van der Waals surface area (Å²) in [5.41, 5.74) is 2.17. The molecule has 1 aliphatic heterocycles. The summed E-state index contributed by atoms with van der Waals surface area (Å²) in [7, 11) is 0. The molecule has 26 heavy (non-hydrogen) atoms. The van der Waals surface area contributed by atoms with Crippen LogP contribution in [0, 0.1) is 11.3 Å². The van der Waals surface area contributed by atoms with Gasteiger partial charge in [-0.15, -0.1) is 0 Å². The fourth-order valence-electron chi connectivity index (χ4n) is 3.05. The Kier molecular flexibility index (Phi) is 6.31. The lowest BCUT2D eigenvalue weighted by Crippen LogP contribution is -2.46. The number of piperazine rings is 1. The maximum Gasteiger partial charge on any atom is 0.225 e. The Morgan fingerprint density at radius 1 is 1.08 bits per heavy atom. The number of aromatic nitrogens is 1. The molecule has 1 aliphatic rings. The molecule has 6 heteroatoms. The first-order valence-corrected chi connectivity index (χ1v) is 8.88. The van der Waals surface area contributed by atoms with Crippen molar-refractivity contribution in [3.05, 3.63) is 59.9 Å². The van der Waals surface area contributed by atoms with Gasteiger partial charge in [0, 0.05) is 51.9 Å². The molecule has 1 aromatic carbocycles. The average molecular weight is 349 g/mol. The van der Waals surface area contributed by atoms with Crippen molar-refractivity contribution in [1.82, 2.24) is 14.8 Å². The fraction of sp³-hybridized carbons (Fsp3) is 0.350. The van der Waals surface area contributed by atoms with Crippen molar-refractivity contribution >= 4 is 11.6 Å². The van der Waals surface area contributed by atoms with Gasteiger partial charge in [0.2, 0.25) is 5.91 Å². The predicted molar refractivity (Wildman–Crippen MR) is 100 cm³/mol. The number of rotatable bonds is 6. The van der Waals surface area contributed by atoms with Crippen LogP contribution in [0.25, 0.3) is 0 Å². The number of nitriles is 1. The lowest BCUT2D eigenvalue weighted by Gasteiger charge is -2.34. The van der Waals surface area contributed by atoms with Crippen LogP contribution in [0.2, 0.25) is 0 Å². The number of amides is 1. The van der Waals surface area contributed by atoms with E-state index in [0.717, 1.165) is 45.0 Å². The number of pyridine rings is 1. The first-order chi connectivity index (χ1) is 12.7. The zero-order valence-electron chi connectivity index (χ0n) is 14.8. The molecule has 0 atom stereocenters. The van der Waals surface area contributed by atoms with Gasteiger partial charge in [0.25, 0.3) is 0 Å². The Morgan fingerprint density at radius 3 is 2.54 bits per heavy atom. The van der Waals surface area contributed by atoms with Crippen LogP contribution >= 0.6 is 0 Å². The minimum absolute atomic E-state index is 0.0522. The van der Waals surface area contributed by atoms with Crippen molar-refractivity contribution in [2.45, 2.75) is 13.0 Å². The van der Waals surface area contributed by atoms with Gasteiger partial charge in [0.05, 0.1) is 16.9 Å². The number of nitrogens with zero attached hydrogens (tertiary/aromatic N) is 4. The fourth-order valence-corrected chi connectivity index (χ4v) is 3.05. The van der Waals surface area contributed by atoms with Gasteiger partial charge < -0.3 is 10.2 Å². The van der Waals surface area contributed by atoms with Gasteiger partial charge in [-0.2, -0.15) is 5.26 Å². The lowest BCUT2D eigenvalue weighted by atomic mass is 10.2. The quantitative estimate of drug-likeness (QED) is 0.865. The highest BCUT2D eigenvalue weighted by Crippen LogP contribution is 2.14. The number of carbonyl (C=O) groups excluding carboxylic acids is 1. The van der Waals surface area contributed by atoms with Gasteiger partial charge in [0.1, 0.15) is 6.07 Å². The van der Waals surface area contributed by atoms with E-state index >= 15 is 0 Å². The topological polar surface area (TPSA) is 72.3 Å². The van der Waals surface area contributed by atoms with E-state index in [2.05, 4.69) is 32.2 Å². The molecule has 1 saturated heterocycles. The predicted octanol–water partition coefficient (Wildman–Crippen LogP) is 2.10. The molecule has 2 heterocycles. The van der Waals surface area contributed by atoms with Crippen LogP contribution in [-0.2, 0) is 11.3 Å². The third-order valence-electron chi connectivity index (χ3n) is 4.55. The summed E-state index contributed by atoms with van der Waals surface area (Å²) in [4.78, 5) is 21.2. The van der Waals surface area contributed by atoms with Gasteiger partial charge in [-0.3, -0.25) is 14.7 Å².